The second kappa shape index (κ2) is 15.9. The average Bonchev–Trinajstić information content (AvgIpc) is 2.91. The Morgan fingerprint density at radius 1 is 0.405 bits per heavy atom. The van der Waals surface area contributed by atoms with Gasteiger partial charge in [-0.15, -0.1) is 0 Å². The zero-order chi connectivity index (χ0) is 25.6. The molecule has 0 aliphatic rings. The van der Waals surface area contributed by atoms with Crippen LogP contribution in [0.1, 0.15) is 35.1 Å². The largest absolute Gasteiger partial charge is 0.336 e. The van der Waals surface area contributed by atoms with Gasteiger partial charge in [0.2, 0.25) is 0 Å². The molecule has 1 radical (unpaired) electrons. The molecule has 0 atom stereocenters. The molecule has 0 saturated carbocycles. The molecule has 5 heteroatoms. The zero-order valence-corrected chi connectivity index (χ0v) is 21.4. The molecule has 4 N–H and O–H groups in total. The topological polar surface area (TPSA) is 85.6 Å². The maximum Gasteiger partial charge on any atom is 0.336 e. The molecule has 0 unspecified atom stereocenters. The van der Waals surface area contributed by atoms with Crippen LogP contribution >= 0.6 is 0 Å². The second-order valence-corrected chi connectivity index (χ2v) is 8.44. The molecule has 0 saturated heterocycles. The van der Waals surface area contributed by atoms with Gasteiger partial charge in [0.25, 0.3) is 0 Å². The summed E-state index contributed by atoms with van der Waals surface area (Å²) in [7, 11) is 0. The van der Waals surface area contributed by atoms with E-state index in [-0.39, 0.29) is 53.0 Å². The maximum atomic E-state index is 9.90. The van der Waals surface area contributed by atoms with E-state index in [1.165, 1.54) is 0 Å². The van der Waals surface area contributed by atoms with Crippen molar-refractivity contribution in [2.75, 3.05) is 0 Å². The fraction of sp³-hybridized carbons (Fsp3) is 0.125. The predicted molar refractivity (Wildman–Crippen MR) is 148 cm³/mol. The molecule has 0 fully saturated rings. The van der Waals surface area contributed by atoms with E-state index in [9.17, 15) is 19.2 Å². The standard InChI is InChI=1S/2C16H14O2.Cu/c2*17-15(11-13-7-3-1-4-8-13)12-16(18)14-9-5-2-6-10-14;/h2*1-10H,11-12H2;/p+4. The van der Waals surface area contributed by atoms with Crippen molar-refractivity contribution in [3.8, 4) is 0 Å². The molecule has 0 aliphatic heterocycles. The van der Waals surface area contributed by atoms with Crippen molar-refractivity contribution >= 4 is 23.1 Å². The number of carbonyl (C=O) groups excluding carboxylic acids is 4. The SMILES string of the molecule is [Cu].[OH+]=C(CC(=[OH+])c1ccccc1)Cc1ccccc1.[OH+]=C(CC(=[OH+])c1ccccc1)Cc1ccccc1. The number of benzene rings is 4. The van der Waals surface area contributed by atoms with Gasteiger partial charge in [0.05, 0.1) is 24.0 Å². The normalized spacial score (nSPS) is 9.73. The number of hydrogen-bond acceptors (Lipinski definition) is 0. The summed E-state index contributed by atoms with van der Waals surface area (Å²) in [6, 6.07) is 38.0. The Morgan fingerprint density at radius 2 is 0.676 bits per heavy atom. The monoisotopic (exact) mass is 543 g/mol. The Kier molecular flexibility index (Phi) is 12.6. The molecule has 0 aromatic heterocycles. The molecule has 0 spiro atoms. The van der Waals surface area contributed by atoms with Crippen LogP contribution in [0, 0.1) is 0 Å². The molecule has 4 nitrogen and oxygen atoms in total. The van der Waals surface area contributed by atoms with Crippen molar-refractivity contribution in [1.82, 2.24) is 0 Å². The Labute approximate surface area is 228 Å². The summed E-state index contributed by atoms with van der Waals surface area (Å²) in [6.07, 6.45) is 1.33. The van der Waals surface area contributed by atoms with Gasteiger partial charge in [0.15, 0.2) is 12.8 Å². The molecule has 0 bridgehead atoms. The third-order valence-corrected chi connectivity index (χ3v) is 5.46. The van der Waals surface area contributed by atoms with E-state index in [1.54, 1.807) is 0 Å². The Hall–Kier alpha value is -3.92. The van der Waals surface area contributed by atoms with Crippen LogP contribution in [0.4, 0.5) is 0 Å². The third-order valence-electron chi connectivity index (χ3n) is 5.46. The van der Waals surface area contributed by atoms with Crippen LogP contribution in [-0.4, -0.2) is 42.3 Å². The van der Waals surface area contributed by atoms with Crippen molar-refractivity contribution in [1.29, 1.82) is 0 Å². The minimum absolute atomic E-state index is 0. The molecule has 4 aromatic rings. The zero-order valence-electron chi connectivity index (χ0n) is 20.5. The Morgan fingerprint density at radius 3 is 0.973 bits per heavy atom. The van der Waals surface area contributed by atoms with Crippen molar-refractivity contribution in [3.05, 3.63) is 144 Å². The molecule has 0 heterocycles. The number of ketones is 4. The van der Waals surface area contributed by atoms with E-state index in [0.29, 0.717) is 12.8 Å². The molecular weight excluding hydrogens is 512 g/mol. The van der Waals surface area contributed by atoms with Gasteiger partial charge in [0, 0.05) is 17.1 Å². The van der Waals surface area contributed by atoms with Gasteiger partial charge >= 0.3 is 23.1 Å². The van der Waals surface area contributed by atoms with Crippen LogP contribution in [0.25, 0.3) is 0 Å². The Balaban J connectivity index is 0.000000253. The van der Waals surface area contributed by atoms with E-state index in [1.807, 2.05) is 121 Å². The van der Waals surface area contributed by atoms with E-state index < -0.39 is 0 Å². The molecule has 0 amide bonds. The van der Waals surface area contributed by atoms with Gasteiger partial charge in [-0.3, -0.25) is 19.2 Å². The van der Waals surface area contributed by atoms with Gasteiger partial charge in [0.1, 0.15) is 0 Å². The number of rotatable bonds is 10. The van der Waals surface area contributed by atoms with Crippen LogP contribution < -0.4 is 0 Å². The average molecular weight is 544 g/mol. The summed E-state index contributed by atoms with van der Waals surface area (Å²) in [4.78, 5) is 39.5. The van der Waals surface area contributed by atoms with Gasteiger partial charge < -0.3 is 0 Å². The summed E-state index contributed by atoms with van der Waals surface area (Å²) in [5, 5.41) is 0. The second-order valence-electron chi connectivity index (χ2n) is 8.44. The summed E-state index contributed by atoms with van der Waals surface area (Å²) < 4.78 is 0. The summed E-state index contributed by atoms with van der Waals surface area (Å²) in [6.45, 7) is 0. The van der Waals surface area contributed by atoms with Crippen molar-refractivity contribution in [3.63, 3.8) is 0 Å². The van der Waals surface area contributed by atoms with Crippen LogP contribution in [0.2, 0.25) is 0 Å². The fourth-order valence-corrected chi connectivity index (χ4v) is 3.64. The van der Waals surface area contributed by atoms with E-state index in [0.717, 1.165) is 22.3 Å². The first-order valence-electron chi connectivity index (χ1n) is 11.9. The van der Waals surface area contributed by atoms with E-state index >= 15 is 0 Å². The van der Waals surface area contributed by atoms with Crippen molar-refractivity contribution in [2.24, 2.45) is 0 Å². The molecule has 4 aromatic carbocycles. The smallest absolute Gasteiger partial charge is 0.282 e. The summed E-state index contributed by atoms with van der Waals surface area (Å²) in [5.41, 5.74) is 3.57. The van der Waals surface area contributed by atoms with Crippen LogP contribution in [0.15, 0.2) is 121 Å². The van der Waals surface area contributed by atoms with Gasteiger partial charge in [-0.2, -0.15) is 0 Å². The van der Waals surface area contributed by atoms with Gasteiger partial charge in [-0.1, -0.05) is 97.1 Å². The minimum atomic E-state index is 0. The first kappa shape index (κ1) is 29.3. The summed E-state index contributed by atoms with van der Waals surface area (Å²) in [5.74, 6) is 0.929. The van der Waals surface area contributed by atoms with Crippen molar-refractivity contribution in [2.45, 2.75) is 25.7 Å². The minimum Gasteiger partial charge on any atom is -0.282 e. The van der Waals surface area contributed by atoms with Crippen LogP contribution in [0.3, 0.4) is 0 Å². The summed E-state index contributed by atoms with van der Waals surface area (Å²) >= 11 is 0. The van der Waals surface area contributed by atoms with Crippen molar-refractivity contribution < 1.29 is 36.2 Å². The molecule has 191 valence electrons. The van der Waals surface area contributed by atoms with E-state index in [2.05, 4.69) is 0 Å². The molecule has 0 aliphatic carbocycles. The maximum absolute atomic E-state index is 9.90. The fourth-order valence-electron chi connectivity index (χ4n) is 3.64. The first-order chi connectivity index (χ1) is 17.5. The molecule has 4 rings (SSSR count). The first-order valence-corrected chi connectivity index (χ1v) is 11.9. The van der Waals surface area contributed by atoms with Crippen LogP contribution in [0.5, 0.6) is 0 Å². The van der Waals surface area contributed by atoms with E-state index in [4.69, 9.17) is 0 Å². The molecule has 37 heavy (non-hydrogen) atoms. The Bertz CT molecular complexity index is 1170. The number of hydrogen-bond donors (Lipinski definition) is 0. The quantitative estimate of drug-likeness (QED) is 0.109. The van der Waals surface area contributed by atoms with Gasteiger partial charge in [-0.25, -0.2) is 0 Å². The third kappa shape index (κ3) is 10.7. The molecular formula is C32H32CuO4+4. The van der Waals surface area contributed by atoms with Gasteiger partial charge in [-0.05, 0) is 35.4 Å². The van der Waals surface area contributed by atoms with Crippen LogP contribution in [-0.2, 0) is 29.9 Å². The predicted octanol–water partition coefficient (Wildman–Crippen LogP) is 5.51.